The highest BCUT2D eigenvalue weighted by Gasteiger charge is 2.19. The SMILES string of the molecule is O=C(Nc1nonc1-c1ccc2c(c1)CCCC2)c1ccccc1Cl. The van der Waals surface area contributed by atoms with E-state index in [0.717, 1.165) is 18.4 Å². The number of aromatic nitrogens is 2. The van der Waals surface area contributed by atoms with Crippen LogP contribution in [-0.4, -0.2) is 16.2 Å². The first kappa shape index (κ1) is 15.8. The predicted molar refractivity (Wildman–Crippen MR) is 95.8 cm³/mol. The maximum Gasteiger partial charge on any atom is 0.258 e. The normalized spacial score (nSPS) is 13.3. The zero-order chi connectivity index (χ0) is 17.2. The summed E-state index contributed by atoms with van der Waals surface area (Å²) in [5.41, 5.74) is 4.50. The highest BCUT2D eigenvalue weighted by Crippen LogP contribution is 2.30. The van der Waals surface area contributed by atoms with Crippen LogP contribution in [0.2, 0.25) is 5.02 Å². The molecule has 1 amide bonds. The van der Waals surface area contributed by atoms with Gasteiger partial charge in [-0.2, -0.15) is 0 Å². The van der Waals surface area contributed by atoms with Crippen LogP contribution in [0, 0.1) is 0 Å². The molecule has 0 atom stereocenters. The lowest BCUT2D eigenvalue weighted by molar-refractivity contribution is 0.102. The summed E-state index contributed by atoms with van der Waals surface area (Å²) in [6.07, 6.45) is 4.61. The average molecular weight is 354 g/mol. The number of nitrogens with zero attached hydrogens (tertiary/aromatic N) is 2. The molecule has 5 nitrogen and oxygen atoms in total. The van der Waals surface area contributed by atoms with Gasteiger partial charge >= 0.3 is 0 Å². The third-order valence-corrected chi connectivity index (χ3v) is 4.79. The van der Waals surface area contributed by atoms with Crippen LogP contribution in [0.25, 0.3) is 11.3 Å². The molecule has 0 saturated heterocycles. The van der Waals surface area contributed by atoms with Crippen molar-refractivity contribution < 1.29 is 9.42 Å². The molecule has 1 aliphatic carbocycles. The molecule has 0 bridgehead atoms. The first-order chi connectivity index (χ1) is 12.2. The molecule has 1 heterocycles. The Morgan fingerprint density at radius 2 is 1.84 bits per heavy atom. The van der Waals surface area contributed by atoms with Crippen molar-refractivity contribution in [3.8, 4) is 11.3 Å². The summed E-state index contributed by atoms with van der Waals surface area (Å²) in [7, 11) is 0. The molecule has 4 rings (SSSR count). The van der Waals surface area contributed by atoms with Crippen molar-refractivity contribution >= 4 is 23.3 Å². The first-order valence-corrected chi connectivity index (χ1v) is 8.61. The summed E-state index contributed by atoms with van der Waals surface area (Å²) in [5, 5.41) is 10.9. The molecule has 1 N–H and O–H groups in total. The molecule has 6 heteroatoms. The van der Waals surface area contributed by atoms with Gasteiger partial charge in [-0.05, 0) is 65.3 Å². The van der Waals surface area contributed by atoms with E-state index < -0.39 is 0 Å². The van der Waals surface area contributed by atoms with Crippen molar-refractivity contribution in [2.45, 2.75) is 25.7 Å². The molecule has 0 fully saturated rings. The quantitative estimate of drug-likeness (QED) is 0.751. The van der Waals surface area contributed by atoms with Crippen LogP contribution >= 0.6 is 11.6 Å². The van der Waals surface area contributed by atoms with Gasteiger partial charge in [-0.15, -0.1) is 0 Å². The molecule has 1 aromatic heterocycles. The van der Waals surface area contributed by atoms with Crippen LogP contribution in [0.1, 0.15) is 34.3 Å². The van der Waals surface area contributed by atoms with E-state index in [2.05, 4.69) is 27.8 Å². The van der Waals surface area contributed by atoms with Crippen molar-refractivity contribution in [2.75, 3.05) is 5.32 Å². The van der Waals surface area contributed by atoms with E-state index in [1.54, 1.807) is 24.3 Å². The minimum absolute atomic E-state index is 0.292. The fraction of sp³-hybridized carbons (Fsp3) is 0.211. The number of fused-ring (bicyclic) bond motifs is 1. The highest BCUT2D eigenvalue weighted by molar-refractivity contribution is 6.34. The maximum atomic E-state index is 12.4. The molecule has 3 aromatic rings. The highest BCUT2D eigenvalue weighted by atomic mass is 35.5. The van der Waals surface area contributed by atoms with Crippen molar-refractivity contribution in [3.05, 3.63) is 64.2 Å². The summed E-state index contributed by atoms with van der Waals surface area (Å²) in [4.78, 5) is 12.4. The lowest BCUT2D eigenvalue weighted by atomic mass is 9.90. The molecular formula is C19H16ClN3O2. The number of hydrogen-bond acceptors (Lipinski definition) is 4. The van der Waals surface area contributed by atoms with Crippen molar-refractivity contribution in [3.63, 3.8) is 0 Å². The topological polar surface area (TPSA) is 68.0 Å². The van der Waals surface area contributed by atoms with Crippen molar-refractivity contribution in [1.29, 1.82) is 0 Å². The fourth-order valence-electron chi connectivity index (χ4n) is 3.16. The van der Waals surface area contributed by atoms with Gasteiger partial charge in [0.15, 0.2) is 5.69 Å². The Bertz CT molecular complexity index is 936. The van der Waals surface area contributed by atoms with Gasteiger partial charge in [-0.3, -0.25) is 4.79 Å². The first-order valence-electron chi connectivity index (χ1n) is 8.23. The fourth-order valence-corrected chi connectivity index (χ4v) is 3.38. The zero-order valence-electron chi connectivity index (χ0n) is 13.5. The summed E-state index contributed by atoms with van der Waals surface area (Å²) in [6.45, 7) is 0. The number of aryl methyl sites for hydroxylation is 2. The monoisotopic (exact) mass is 353 g/mol. The number of hydrogen-bond donors (Lipinski definition) is 1. The lowest BCUT2D eigenvalue weighted by Crippen LogP contribution is -2.13. The number of benzene rings is 2. The smallest absolute Gasteiger partial charge is 0.258 e. The van der Waals surface area contributed by atoms with Crippen LogP contribution in [-0.2, 0) is 12.8 Å². The van der Waals surface area contributed by atoms with E-state index in [1.807, 2.05) is 6.07 Å². The van der Waals surface area contributed by atoms with Crippen LogP contribution in [0.4, 0.5) is 5.82 Å². The van der Waals surface area contributed by atoms with E-state index >= 15 is 0 Å². The Balaban J connectivity index is 1.63. The maximum absolute atomic E-state index is 12.4. The van der Waals surface area contributed by atoms with E-state index in [1.165, 1.54) is 24.0 Å². The molecule has 0 spiro atoms. The Hall–Kier alpha value is -2.66. The molecule has 1 aliphatic rings. The van der Waals surface area contributed by atoms with E-state index in [0.29, 0.717) is 22.1 Å². The third-order valence-electron chi connectivity index (χ3n) is 4.46. The molecule has 25 heavy (non-hydrogen) atoms. The summed E-state index contributed by atoms with van der Waals surface area (Å²) < 4.78 is 4.86. The summed E-state index contributed by atoms with van der Waals surface area (Å²) in [6, 6.07) is 13.1. The van der Waals surface area contributed by atoms with Gasteiger partial charge < -0.3 is 5.32 Å². The second kappa shape index (κ2) is 6.69. The van der Waals surface area contributed by atoms with E-state index in [-0.39, 0.29) is 5.91 Å². The Labute approximate surface area is 150 Å². The molecule has 0 unspecified atom stereocenters. The lowest BCUT2D eigenvalue weighted by Gasteiger charge is -2.16. The minimum Gasteiger partial charge on any atom is -0.302 e. The van der Waals surface area contributed by atoms with Gasteiger partial charge in [-0.25, -0.2) is 4.63 Å². The standard InChI is InChI=1S/C19H16ClN3O2/c20-16-8-4-3-7-15(16)19(24)21-18-17(22-25-23-18)14-10-9-12-5-1-2-6-13(12)11-14/h3-4,7-11H,1-2,5-6H2,(H,21,23,24). The largest absolute Gasteiger partial charge is 0.302 e. The second-order valence-electron chi connectivity index (χ2n) is 6.09. The number of nitrogens with one attached hydrogen (secondary N) is 1. The van der Waals surface area contributed by atoms with Crippen LogP contribution < -0.4 is 5.32 Å². The van der Waals surface area contributed by atoms with Crippen molar-refractivity contribution in [1.82, 2.24) is 10.3 Å². The molecule has 0 aliphatic heterocycles. The van der Waals surface area contributed by atoms with Crippen LogP contribution in [0.3, 0.4) is 0 Å². The molecular weight excluding hydrogens is 338 g/mol. The van der Waals surface area contributed by atoms with Gasteiger partial charge in [-0.1, -0.05) is 35.9 Å². The average Bonchev–Trinajstić information content (AvgIpc) is 3.09. The Morgan fingerprint density at radius 3 is 2.68 bits per heavy atom. The van der Waals surface area contributed by atoms with E-state index in [4.69, 9.17) is 16.2 Å². The predicted octanol–water partition coefficient (Wildman–Crippen LogP) is 4.52. The molecule has 0 radical (unpaired) electrons. The Kier molecular flexibility index (Phi) is 4.24. The number of carbonyl (C=O) groups excluding carboxylic acids is 1. The second-order valence-corrected chi connectivity index (χ2v) is 6.49. The zero-order valence-corrected chi connectivity index (χ0v) is 14.2. The number of rotatable bonds is 3. The molecule has 0 saturated carbocycles. The minimum atomic E-state index is -0.347. The number of amides is 1. The number of halogens is 1. The van der Waals surface area contributed by atoms with Gasteiger partial charge in [0.05, 0.1) is 10.6 Å². The number of carbonyl (C=O) groups is 1. The van der Waals surface area contributed by atoms with Crippen LogP contribution in [0.15, 0.2) is 47.1 Å². The van der Waals surface area contributed by atoms with Crippen LogP contribution in [0.5, 0.6) is 0 Å². The number of anilines is 1. The Morgan fingerprint density at radius 1 is 1.04 bits per heavy atom. The van der Waals surface area contributed by atoms with Gasteiger partial charge in [0.25, 0.3) is 5.91 Å². The van der Waals surface area contributed by atoms with E-state index in [9.17, 15) is 4.79 Å². The molecule has 2 aromatic carbocycles. The molecule has 126 valence electrons. The summed E-state index contributed by atoms with van der Waals surface area (Å²) >= 11 is 6.08. The van der Waals surface area contributed by atoms with Crippen molar-refractivity contribution in [2.24, 2.45) is 0 Å². The summed E-state index contributed by atoms with van der Waals surface area (Å²) in [5.74, 6) is -0.0545. The van der Waals surface area contributed by atoms with Gasteiger partial charge in [0.2, 0.25) is 5.82 Å². The van der Waals surface area contributed by atoms with Gasteiger partial charge in [0.1, 0.15) is 0 Å². The van der Waals surface area contributed by atoms with Gasteiger partial charge in [0, 0.05) is 5.56 Å². The third kappa shape index (κ3) is 3.15.